The zero-order valence-corrected chi connectivity index (χ0v) is 14.2. The highest BCUT2D eigenvalue weighted by Crippen LogP contribution is 2.36. The predicted octanol–water partition coefficient (Wildman–Crippen LogP) is 3.86. The van der Waals surface area contributed by atoms with Gasteiger partial charge in [0.1, 0.15) is 5.75 Å². The van der Waals surface area contributed by atoms with Crippen LogP contribution >= 0.6 is 0 Å². The van der Waals surface area contributed by atoms with Crippen LogP contribution in [0.15, 0.2) is 48.5 Å². The van der Waals surface area contributed by atoms with Crippen molar-refractivity contribution in [1.29, 1.82) is 0 Å². The number of amides is 2. The van der Waals surface area contributed by atoms with Gasteiger partial charge in [0.2, 0.25) is 0 Å². The molecule has 5 heteroatoms. The Morgan fingerprint density at radius 3 is 2.31 bits per heavy atom. The van der Waals surface area contributed by atoms with Crippen LogP contribution < -0.4 is 4.90 Å². The third kappa shape index (κ3) is 2.14. The largest absolute Gasteiger partial charge is 0.508 e. The second kappa shape index (κ2) is 5.52. The van der Waals surface area contributed by atoms with Crippen LogP contribution in [0.2, 0.25) is 0 Å². The van der Waals surface area contributed by atoms with Gasteiger partial charge in [-0.1, -0.05) is 12.1 Å². The fourth-order valence-electron chi connectivity index (χ4n) is 3.51. The van der Waals surface area contributed by atoms with Gasteiger partial charge in [-0.15, -0.1) is 0 Å². The standard InChI is InChI=1S/C21H15NO4/c1-11-10-13(24)6-9-18(11)22-20(25)16-5-3-4-15-14(12(2)23)7-8-17(19(15)16)21(22)26/h3-10,24H,1-2H3. The molecule has 1 heterocycles. The molecule has 0 radical (unpaired) electrons. The van der Waals surface area contributed by atoms with E-state index < -0.39 is 11.8 Å². The molecule has 1 aliphatic heterocycles. The van der Waals surface area contributed by atoms with Crippen molar-refractivity contribution >= 4 is 34.1 Å². The van der Waals surface area contributed by atoms with Crippen LogP contribution in [-0.4, -0.2) is 22.7 Å². The van der Waals surface area contributed by atoms with Crippen molar-refractivity contribution < 1.29 is 19.5 Å². The quantitative estimate of drug-likeness (QED) is 0.565. The van der Waals surface area contributed by atoms with E-state index >= 15 is 0 Å². The summed E-state index contributed by atoms with van der Waals surface area (Å²) in [5.41, 5.74) is 2.29. The van der Waals surface area contributed by atoms with E-state index in [0.717, 1.165) is 4.90 Å². The molecule has 26 heavy (non-hydrogen) atoms. The average Bonchev–Trinajstić information content (AvgIpc) is 2.60. The minimum Gasteiger partial charge on any atom is -0.508 e. The minimum atomic E-state index is -0.442. The number of phenols is 1. The Hall–Kier alpha value is -3.47. The van der Waals surface area contributed by atoms with Crippen LogP contribution in [0.1, 0.15) is 43.6 Å². The van der Waals surface area contributed by atoms with E-state index in [-0.39, 0.29) is 11.5 Å². The van der Waals surface area contributed by atoms with E-state index in [2.05, 4.69) is 0 Å². The van der Waals surface area contributed by atoms with Gasteiger partial charge < -0.3 is 5.11 Å². The van der Waals surface area contributed by atoms with Crippen LogP contribution in [0.5, 0.6) is 5.75 Å². The number of imide groups is 1. The number of Topliss-reactive ketones (excluding diaryl/α,β-unsaturated/α-hetero) is 1. The van der Waals surface area contributed by atoms with Gasteiger partial charge in [0, 0.05) is 22.1 Å². The number of carbonyl (C=O) groups excluding carboxylic acids is 3. The molecule has 0 saturated heterocycles. The van der Waals surface area contributed by atoms with Gasteiger partial charge in [-0.3, -0.25) is 14.4 Å². The monoisotopic (exact) mass is 345 g/mol. The first-order valence-corrected chi connectivity index (χ1v) is 8.15. The highest BCUT2D eigenvalue weighted by molar-refractivity contribution is 6.36. The number of nitrogens with zero attached hydrogens (tertiary/aromatic N) is 1. The molecule has 1 N–H and O–H groups in total. The first-order chi connectivity index (χ1) is 12.4. The molecule has 0 bridgehead atoms. The lowest BCUT2D eigenvalue weighted by atomic mass is 9.90. The average molecular weight is 345 g/mol. The molecule has 0 aromatic heterocycles. The Morgan fingerprint density at radius 2 is 1.65 bits per heavy atom. The summed E-state index contributed by atoms with van der Waals surface area (Å²) in [4.78, 5) is 39.2. The number of aromatic hydroxyl groups is 1. The van der Waals surface area contributed by atoms with Crippen molar-refractivity contribution in [3.8, 4) is 5.75 Å². The summed E-state index contributed by atoms with van der Waals surface area (Å²) in [6.45, 7) is 3.19. The number of phenolic OH excluding ortho intramolecular Hbond substituents is 1. The normalized spacial score (nSPS) is 13.4. The van der Waals surface area contributed by atoms with E-state index in [0.29, 0.717) is 38.7 Å². The highest BCUT2D eigenvalue weighted by Gasteiger charge is 2.35. The molecule has 0 aliphatic carbocycles. The Balaban J connectivity index is 2.00. The SMILES string of the molecule is CC(=O)c1ccc2c3c(cccc13)C(=O)N(c1ccc(O)cc1C)C2=O. The molecule has 128 valence electrons. The number of anilines is 1. The van der Waals surface area contributed by atoms with Crippen LogP contribution in [0, 0.1) is 6.92 Å². The zero-order valence-electron chi connectivity index (χ0n) is 14.2. The van der Waals surface area contributed by atoms with Gasteiger partial charge in [-0.25, -0.2) is 4.90 Å². The molecule has 1 aliphatic rings. The number of benzene rings is 3. The Labute approximate surface area is 149 Å². The number of hydrogen-bond acceptors (Lipinski definition) is 4. The van der Waals surface area contributed by atoms with E-state index in [1.165, 1.54) is 19.1 Å². The third-order valence-electron chi connectivity index (χ3n) is 4.71. The molecule has 0 atom stereocenters. The lowest BCUT2D eigenvalue weighted by Crippen LogP contribution is -2.41. The Morgan fingerprint density at radius 1 is 0.962 bits per heavy atom. The van der Waals surface area contributed by atoms with Crippen molar-refractivity contribution in [3.05, 3.63) is 70.8 Å². The molecule has 2 amide bonds. The molecule has 3 aromatic carbocycles. The number of aryl methyl sites for hydroxylation is 1. The van der Waals surface area contributed by atoms with E-state index in [4.69, 9.17) is 0 Å². The van der Waals surface area contributed by atoms with Crippen LogP contribution in [0.3, 0.4) is 0 Å². The van der Waals surface area contributed by atoms with E-state index in [1.54, 1.807) is 43.3 Å². The van der Waals surface area contributed by atoms with Crippen LogP contribution in [-0.2, 0) is 0 Å². The first kappa shape index (κ1) is 16.0. The number of carbonyl (C=O) groups is 3. The van der Waals surface area contributed by atoms with Gasteiger partial charge in [-0.05, 0) is 61.2 Å². The van der Waals surface area contributed by atoms with Crippen molar-refractivity contribution in [1.82, 2.24) is 0 Å². The van der Waals surface area contributed by atoms with Gasteiger partial charge in [-0.2, -0.15) is 0 Å². The smallest absolute Gasteiger partial charge is 0.265 e. The van der Waals surface area contributed by atoms with Crippen LogP contribution in [0.25, 0.3) is 10.8 Å². The fourth-order valence-corrected chi connectivity index (χ4v) is 3.51. The molecule has 3 aromatic rings. The fraction of sp³-hybridized carbons (Fsp3) is 0.0952. The molecular formula is C21H15NO4. The van der Waals surface area contributed by atoms with Crippen molar-refractivity contribution in [3.63, 3.8) is 0 Å². The number of hydrogen-bond donors (Lipinski definition) is 1. The maximum Gasteiger partial charge on any atom is 0.265 e. The summed E-state index contributed by atoms with van der Waals surface area (Å²) in [7, 11) is 0. The third-order valence-corrected chi connectivity index (χ3v) is 4.71. The Bertz CT molecular complexity index is 1110. The number of rotatable bonds is 2. The predicted molar refractivity (Wildman–Crippen MR) is 97.9 cm³/mol. The van der Waals surface area contributed by atoms with Crippen molar-refractivity contribution in [2.75, 3.05) is 4.90 Å². The summed E-state index contributed by atoms with van der Waals surface area (Å²) in [5, 5.41) is 10.7. The van der Waals surface area contributed by atoms with E-state index in [1.807, 2.05) is 0 Å². The Kier molecular flexibility index (Phi) is 3.40. The maximum atomic E-state index is 13.1. The summed E-state index contributed by atoms with van der Waals surface area (Å²) < 4.78 is 0. The zero-order chi connectivity index (χ0) is 18.6. The lowest BCUT2D eigenvalue weighted by Gasteiger charge is -2.28. The molecule has 0 fully saturated rings. The molecule has 5 nitrogen and oxygen atoms in total. The summed E-state index contributed by atoms with van der Waals surface area (Å²) in [5.74, 6) is -0.938. The molecule has 0 unspecified atom stereocenters. The topological polar surface area (TPSA) is 74.7 Å². The van der Waals surface area contributed by atoms with Crippen LogP contribution in [0.4, 0.5) is 5.69 Å². The molecule has 4 rings (SSSR count). The summed E-state index contributed by atoms with van der Waals surface area (Å²) in [6.07, 6.45) is 0. The van der Waals surface area contributed by atoms with Gasteiger partial charge >= 0.3 is 0 Å². The van der Waals surface area contributed by atoms with Gasteiger partial charge in [0.25, 0.3) is 11.8 Å². The van der Waals surface area contributed by atoms with Gasteiger partial charge in [0.05, 0.1) is 5.69 Å². The highest BCUT2D eigenvalue weighted by atomic mass is 16.3. The summed E-state index contributed by atoms with van der Waals surface area (Å²) >= 11 is 0. The maximum absolute atomic E-state index is 13.1. The van der Waals surface area contributed by atoms with Gasteiger partial charge in [0.15, 0.2) is 5.78 Å². The molecular weight excluding hydrogens is 330 g/mol. The second-order valence-electron chi connectivity index (χ2n) is 6.36. The minimum absolute atomic E-state index is 0.0664. The summed E-state index contributed by atoms with van der Waals surface area (Å²) in [6, 6.07) is 12.8. The lowest BCUT2D eigenvalue weighted by molar-refractivity contribution is 0.0891. The molecule has 0 spiro atoms. The molecule has 0 saturated carbocycles. The van der Waals surface area contributed by atoms with Crippen molar-refractivity contribution in [2.24, 2.45) is 0 Å². The first-order valence-electron chi connectivity index (χ1n) is 8.15. The van der Waals surface area contributed by atoms with Crippen molar-refractivity contribution in [2.45, 2.75) is 13.8 Å². The number of ketones is 1. The second-order valence-corrected chi connectivity index (χ2v) is 6.36. The van der Waals surface area contributed by atoms with E-state index in [9.17, 15) is 19.5 Å².